The van der Waals surface area contributed by atoms with E-state index in [1.54, 1.807) is 18.2 Å². The Labute approximate surface area is 80.0 Å². The number of aliphatic carboxylic acids is 1. The Morgan fingerprint density at radius 1 is 1.21 bits per heavy atom. The zero-order valence-electron chi connectivity index (χ0n) is 7.18. The summed E-state index contributed by atoms with van der Waals surface area (Å²) in [4.78, 5) is 21.4. The van der Waals surface area contributed by atoms with Gasteiger partial charge in [0.1, 0.15) is 0 Å². The summed E-state index contributed by atoms with van der Waals surface area (Å²) in [5.74, 6) is -2.12. The number of carbonyl (C=O) groups excluding carboxylic acids is 1. The molecule has 1 unspecified atom stereocenters. The fourth-order valence-electron chi connectivity index (χ4n) is 0.859. The largest absolute Gasteiger partial charge is 0.478 e. The molecule has 0 aromatic heterocycles. The molecule has 0 aliphatic rings. The van der Waals surface area contributed by atoms with Crippen molar-refractivity contribution in [2.45, 2.75) is 6.23 Å². The number of nitrogens with one attached hydrogen (secondary N) is 1. The summed E-state index contributed by atoms with van der Waals surface area (Å²) in [6, 6.07) is 8.04. The van der Waals surface area contributed by atoms with Crippen LogP contribution in [0.15, 0.2) is 30.3 Å². The van der Waals surface area contributed by atoms with Crippen LogP contribution in [-0.2, 0) is 4.79 Å². The Morgan fingerprint density at radius 2 is 1.79 bits per heavy atom. The molecule has 0 radical (unpaired) electrons. The number of carbonyl (C=O) groups is 2. The van der Waals surface area contributed by atoms with Crippen molar-refractivity contribution in [1.82, 2.24) is 5.32 Å². The smallest absolute Gasteiger partial charge is 0.353 e. The maximum Gasteiger partial charge on any atom is 0.353 e. The zero-order valence-corrected chi connectivity index (χ0v) is 7.18. The van der Waals surface area contributed by atoms with Gasteiger partial charge in [-0.2, -0.15) is 0 Å². The third kappa shape index (κ3) is 2.56. The molecular weight excluding hydrogens is 186 g/mol. The molecule has 0 saturated heterocycles. The molecule has 0 fully saturated rings. The van der Waals surface area contributed by atoms with Crippen molar-refractivity contribution in [2.24, 2.45) is 0 Å². The number of aliphatic hydroxyl groups is 1. The second-order valence-corrected chi connectivity index (χ2v) is 2.58. The first-order valence-corrected chi connectivity index (χ1v) is 3.88. The molecule has 5 heteroatoms. The first-order valence-electron chi connectivity index (χ1n) is 3.88. The molecule has 3 N–H and O–H groups in total. The Kier molecular flexibility index (Phi) is 3.19. The molecule has 0 saturated carbocycles. The molecule has 0 spiro atoms. The van der Waals surface area contributed by atoms with Crippen LogP contribution >= 0.6 is 0 Å². The maximum atomic E-state index is 11.2. The number of carboxylic acid groups (broad SMARTS) is 1. The van der Waals surface area contributed by atoms with Gasteiger partial charge in [-0.15, -0.1) is 0 Å². The quantitative estimate of drug-likeness (QED) is 0.584. The van der Waals surface area contributed by atoms with Crippen LogP contribution < -0.4 is 5.32 Å². The summed E-state index contributed by atoms with van der Waals surface area (Å²) in [6.45, 7) is 0. The lowest BCUT2D eigenvalue weighted by Crippen LogP contribution is -2.40. The first kappa shape index (κ1) is 10.2. The van der Waals surface area contributed by atoms with E-state index in [0.29, 0.717) is 5.56 Å². The number of aliphatic hydroxyl groups excluding tert-OH is 1. The van der Waals surface area contributed by atoms with Gasteiger partial charge >= 0.3 is 5.97 Å². The molecule has 1 amide bonds. The molecule has 1 atom stereocenters. The SMILES string of the molecule is O=C(NC(O)C(=O)O)c1ccccc1. The van der Waals surface area contributed by atoms with Gasteiger partial charge in [-0.05, 0) is 12.1 Å². The predicted molar refractivity (Wildman–Crippen MR) is 47.6 cm³/mol. The number of hydrogen-bond donors (Lipinski definition) is 3. The highest BCUT2D eigenvalue weighted by Gasteiger charge is 2.16. The molecular formula is C9H9NO4. The van der Waals surface area contributed by atoms with Crippen molar-refractivity contribution >= 4 is 11.9 Å². The van der Waals surface area contributed by atoms with Gasteiger partial charge in [0.05, 0.1) is 0 Å². The molecule has 1 rings (SSSR count). The summed E-state index contributed by atoms with van der Waals surface area (Å²) in [7, 11) is 0. The van der Waals surface area contributed by atoms with Crippen LogP contribution in [0.5, 0.6) is 0 Å². The standard InChI is InChI=1S/C9H9NO4/c11-7(10-8(12)9(13)14)6-4-2-1-3-5-6/h1-5,8,12H,(H,10,11)(H,13,14). The third-order valence-corrected chi connectivity index (χ3v) is 1.54. The average molecular weight is 195 g/mol. The normalized spacial score (nSPS) is 11.8. The molecule has 0 heterocycles. The molecule has 74 valence electrons. The summed E-state index contributed by atoms with van der Waals surface area (Å²) < 4.78 is 0. The lowest BCUT2D eigenvalue weighted by Gasteiger charge is -2.07. The van der Waals surface area contributed by atoms with Gasteiger partial charge in [0.2, 0.25) is 6.23 Å². The minimum absolute atomic E-state index is 0.299. The second-order valence-electron chi connectivity index (χ2n) is 2.58. The van der Waals surface area contributed by atoms with E-state index in [4.69, 9.17) is 10.2 Å². The molecule has 1 aromatic carbocycles. The highest BCUT2D eigenvalue weighted by molar-refractivity contribution is 5.96. The van der Waals surface area contributed by atoms with Crippen molar-refractivity contribution in [3.63, 3.8) is 0 Å². The van der Waals surface area contributed by atoms with Gasteiger partial charge in [-0.3, -0.25) is 4.79 Å². The monoisotopic (exact) mass is 195 g/mol. The van der Waals surface area contributed by atoms with Crippen LogP contribution in [0.2, 0.25) is 0 Å². The van der Waals surface area contributed by atoms with Crippen molar-refractivity contribution in [3.05, 3.63) is 35.9 Å². The lowest BCUT2D eigenvalue weighted by atomic mass is 10.2. The number of hydrogen-bond acceptors (Lipinski definition) is 3. The van der Waals surface area contributed by atoms with Crippen molar-refractivity contribution < 1.29 is 19.8 Å². The summed E-state index contributed by atoms with van der Waals surface area (Å²) >= 11 is 0. The highest BCUT2D eigenvalue weighted by atomic mass is 16.4. The van der Waals surface area contributed by atoms with Gasteiger partial charge in [-0.25, -0.2) is 4.79 Å². The Morgan fingerprint density at radius 3 is 2.29 bits per heavy atom. The summed E-state index contributed by atoms with van der Waals surface area (Å²) in [5.41, 5.74) is 0.299. The van der Waals surface area contributed by atoms with E-state index in [1.807, 2.05) is 5.32 Å². The molecule has 0 bridgehead atoms. The van der Waals surface area contributed by atoms with Crippen LogP contribution in [0.25, 0.3) is 0 Å². The first-order chi connectivity index (χ1) is 6.61. The van der Waals surface area contributed by atoms with E-state index < -0.39 is 18.1 Å². The Hall–Kier alpha value is -1.88. The minimum Gasteiger partial charge on any atom is -0.478 e. The Bertz CT molecular complexity index is 336. The van der Waals surface area contributed by atoms with Crippen LogP contribution in [0, 0.1) is 0 Å². The molecule has 1 aromatic rings. The van der Waals surface area contributed by atoms with Crippen molar-refractivity contribution in [1.29, 1.82) is 0 Å². The van der Waals surface area contributed by atoms with E-state index in [2.05, 4.69) is 0 Å². The second kappa shape index (κ2) is 4.38. The van der Waals surface area contributed by atoms with Crippen LogP contribution in [0.3, 0.4) is 0 Å². The molecule has 5 nitrogen and oxygen atoms in total. The van der Waals surface area contributed by atoms with E-state index in [0.717, 1.165) is 0 Å². The predicted octanol–water partition coefficient (Wildman–Crippen LogP) is -0.181. The number of carboxylic acids is 1. The van der Waals surface area contributed by atoms with E-state index in [1.165, 1.54) is 12.1 Å². The minimum atomic E-state index is -1.87. The molecule has 0 aliphatic heterocycles. The van der Waals surface area contributed by atoms with Gasteiger partial charge in [-0.1, -0.05) is 18.2 Å². The van der Waals surface area contributed by atoms with Gasteiger partial charge < -0.3 is 15.5 Å². The zero-order chi connectivity index (χ0) is 10.6. The van der Waals surface area contributed by atoms with E-state index >= 15 is 0 Å². The highest BCUT2D eigenvalue weighted by Crippen LogP contribution is 1.98. The average Bonchev–Trinajstić information content (AvgIpc) is 2.19. The number of benzene rings is 1. The van der Waals surface area contributed by atoms with Crippen LogP contribution in [0.1, 0.15) is 10.4 Å². The molecule has 14 heavy (non-hydrogen) atoms. The lowest BCUT2D eigenvalue weighted by molar-refractivity contribution is -0.147. The van der Waals surface area contributed by atoms with Gasteiger partial charge in [0.15, 0.2) is 0 Å². The van der Waals surface area contributed by atoms with Crippen LogP contribution in [0.4, 0.5) is 0 Å². The van der Waals surface area contributed by atoms with E-state index in [9.17, 15) is 9.59 Å². The summed E-state index contributed by atoms with van der Waals surface area (Å²) in [5, 5.41) is 19.1. The van der Waals surface area contributed by atoms with Gasteiger partial charge in [0, 0.05) is 5.56 Å². The van der Waals surface area contributed by atoms with Crippen molar-refractivity contribution in [3.8, 4) is 0 Å². The fraction of sp³-hybridized carbons (Fsp3) is 0.111. The number of rotatable bonds is 3. The third-order valence-electron chi connectivity index (χ3n) is 1.54. The van der Waals surface area contributed by atoms with Crippen molar-refractivity contribution in [2.75, 3.05) is 0 Å². The summed E-state index contributed by atoms with van der Waals surface area (Å²) in [6.07, 6.45) is -1.87. The topological polar surface area (TPSA) is 86.6 Å². The van der Waals surface area contributed by atoms with E-state index in [-0.39, 0.29) is 0 Å². The maximum absolute atomic E-state index is 11.2. The fourth-order valence-corrected chi connectivity index (χ4v) is 0.859. The van der Waals surface area contributed by atoms with Gasteiger partial charge in [0.25, 0.3) is 5.91 Å². The number of amides is 1. The van der Waals surface area contributed by atoms with Crippen LogP contribution in [-0.4, -0.2) is 28.3 Å². The Balaban J connectivity index is 2.64. The molecule has 0 aliphatic carbocycles.